The summed E-state index contributed by atoms with van der Waals surface area (Å²) in [5.74, 6) is 0.530. The van der Waals surface area contributed by atoms with E-state index >= 15 is 0 Å². The number of nitro benzene ring substituents is 1. The fourth-order valence-electron chi connectivity index (χ4n) is 3.43. The number of hydrogen-bond acceptors (Lipinski definition) is 5. The molecule has 0 saturated carbocycles. The molecule has 148 valence electrons. The van der Waals surface area contributed by atoms with Gasteiger partial charge in [0.15, 0.2) is 5.78 Å². The van der Waals surface area contributed by atoms with E-state index in [4.69, 9.17) is 4.42 Å². The van der Waals surface area contributed by atoms with Crippen LogP contribution in [0.25, 0.3) is 16.7 Å². The van der Waals surface area contributed by atoms with Crippen LogP contribution in [0.15, 0.2) is 32.7 Å². The second-order valence-corrected chi connectivity index (χ2v) is 9.29. The summed E-state index contributed by atoms with van der Waals surface area (Å²) in [6.45, 7) is 13.5. The molecule has 7 heteroatoms. The van der Waals surface area contributed by atoms with Crippen molar-refractivity contribution in [2.45, 2.75) is 52.9 Å². The van der Waals surface area contributed by atoms with Crippen LogP contribution in [-0.2, 0) is 10.2 Å². The van der Waals surface area contributed by atoms with E-state index in [1.54, 1.807) is 13.0 Å². The second kappa shape index (κ2) is 6.95. The number of hydrogen-bond donors (Lipinski definition) is 0. The van der Waals surface area contributed by atoms with E-state index in [0.29, 0.717) is 39.9 Å². The topological polar surface area (TPSA) is 86.2 Å². The van der Waals surface area contributed by atoms with Gasteiger partial charge in [0.2, 0.25) is 11.5 Å². The highest BCUT2D eigenvalue weighted by atomic mass is 79.9. The molecular formula is C21H23BrN2O4. The minimum atomic E-state index is -0.474. The lowest BCUT2D eigenvalue weighted by atomic mass is 9.78. The molecule has 1 aromatic heterocycles. The van der Waals surface area contributed by atoms with Crippen LogP contribution in [0.1, 0.15) is 58.9 Å². The minimum Gasteiger partial charge on any atom is -0.433 e. The average Bonchev–Trinajstić information content (AvgIpc) is 3.01. The molecule has 28 heavy (non-hydrogen) atoms. The van der Waals surface area contributed by atoms with Crippen molar-refractivity contribution in [1.82, 2.24) is 4.98 Å². The van der Waals surface area contributed by atoms with Gasteiger partial charge in [-0.05, 0) is 59.3 Å². The van der Waals surface area contributed by atoms with Crippen LogP contribution in [0.2, 0.25) is 0 Å². The first-order valence-electron chi connectivity index (χ1n) is 9.08. The monoisotopic (exact) mass is 446 g/mol. The number of Topliss-reactive ketones (excluding diaryl/α,β-unsaturated/α-hetero) is 1. The van der Waals surface area contributed by atoms with Gasteiger partial charge >= 0.3 is 5.69 Å². The lowest BCUT2D eigenvalue weighted by Gasteiger charge is -2.25. The molecule has 1 heterocycles. The summed E-state index contributed by atoms with van der Waals surface area (Å²) in [4.78, 5) is 28.4. The van der Waals surface area contributed by atoms with Crippen LogP contribution in [-0.4, -0.2) is 15.7 Å². The normalized spacial score (nSPS) is 18.1. The maximum Gasteiger partial charge on any atom is 0.327 e. The Balaban J connectivity index is 2.35. The summed E-state index contributed by atoms with van der Waals surface area (Å²) in [6, 6.07) is 1.68. The predicted molar refractivity (Wildman–Crippen MR) is 112 cm³/mol. The highest BCUT2D eigenvalue weighted by Crippen LogP contribution is 2.44. The van der Waals surface area contributed by atoms with Crippen LogP contribution in [0.5, 0.6) is 0 Å². The molecular weight excluding hydrogens is 424 g/mol. The molecule has 0 amide bonds. The van der Waals surface area contributed by atoms with Crippen molar-refractivity contribution in [2.24, 2.45) is 5.92 Å². The third-order valence-corrected chi connectivity index (χ3v) is 5.80. The van der Waals surface area contributed by atoms with Crippen LogP contribution < -0.4 is 0 Å². The Morgan fingerprint density at radius 3 is 2.57 bits per heavy atom. The van der Waals surface area contributed by atoms with Gasteiger partial charge in [0.05, 0.1) is 4.92 Å². The summed E-state index contributed by atoms with van der Waals surface area (Å²) in [6.07, 6.45) is 1.08. The highest BCUT2D eigenvalue weighted by Gasteiger charge is 2.33. The van der Waals surface area contributed by atoms with Crippen LogP contribution in [0.4, 0.5) is 5.69 Å². The third kappa shape index (κ3) is 3.43. The Morgan fingerprint density at radius 2 is 2.04 bits per heavy atom. The number of allylic oxidation sites excluding steroid dienone is 3. The fourth-order valence-corrected chi connectivity index (χ4v) is 3.99. The molecule has 0 radical (unpaired) electrons. The molecule has 1 unspecified atom stereocenters. The molecule has 1 aliphatic rings. The van der Waals surface area contributed by atoms with Crippen molar-refractivity contribution in [3.63, 3.8) is 0 Å². The first-order valence-corrected chi connectivity index (χ1v) is 9.87. The quantitative estimate of drug-likeness (QED) is 0.321. The van der Waals surface area contributed by atoms with Crippen LogP contribution in [0, 0.1) is 16.0 Å². The molecule has 0 bridgehead atoms. The van der Waals surface area contributed by atoms with Gasteiger partial charge in [-0.25, -0.2) is 4.98 Å². The number of oxazole rings is 1. The molecule has 0 aliphatic heterocycles. The zero-order valence-corrected chi connectivity index (χ0v) is 18.3. The Labute approximate surface area is 172 Å². The highest BCUT2D eigenvalue weighted by molar-refractivity contribution is 9.10. The van der Waals surface area contributed by atoms with Crippen molar-refractivity contribution >= 4 is 44.1 Å². The molecule has 0 spiro atoms. The van der Waals surface area contributed by atoms with Gasteiger partial charge in [0.25, 0.3) is 0 Å². The maximum absolute atomic E-state index is 12.6. The van der Waals surface area contributed by atoms with Crippen molar-refractivity contribution in [2.75, 3.05) is 0 Å². The molecule has 0 fully saturated rings. The van der Waals surface area contributed by atoms with E-state index in [2.05, 4.69) is 27.5 Å². The SMILES string of the molecule is C=C(C)C1CC(=O)C(C)=C(c2cc(Br)c([N+](=O)[O-])c3oc(C(C)(C)C)nc23)C1. The zero-order valence-electron chi connectivity index (χ0n) is 16.7. The summed E-state index contributed by atoms with van der Waals surface area (Å²) in [5, 5.41) is 11.7. The molecule has 1 aliphatic carbocycles. The summed E-state index contributed by atoms with van der Waals surface area (Å²) in [7, 11) is 0. The van der Waals surface area contributed by atoms with Crippen molar-refractivity contribution in [3.05, 3.63) is 49.8 Å². The zero-order chi connectivity index (χ0) is 21.0. The van der Waals surface area contributed by atoms with Gasteiger partial charge in [-0.15, -0.1) is 0 Å². The van der Waals surface area contributed by atoms with E-state index in [1.807, 2.05) is 27.7 Å². The van der Waals surface area contributed by atoms with Crippen molar-refractivity contribution < 1.29 is 14.1 Å². The number of benzene rings is 1. The number of nitrogens with zero attached hydrogens (tertiary/aromatic N) is 2. The summed E-state index contributed by atoms with van der Waals surface area (Å²) >= 11 is 3.32. The van der Waals surface area contributed by atoms with Crippen molar-refractivity contribution in [1.29, 1.82) is 0 Å². The smallest absolute Gasteiger partial charge is 0.327 e. The minimum absolute atomic E-state index is 0.0456. The van der Waals surface area contributed by atoms with Gasteiger partial charge in [0.1, 0.15) is 9.99 Å². The van der Waals surface area contributed by atoms with Crippen LogP contribution in [0.3, 0.4) is 0 Å². The number of ketones is 1. The van der Waals surface area contributed by atoms with E-state index in [9.17, 15) is 14.9 Å². The lowest BCUT2D eigenvalue weighted by Crippen LogP contribution is -2.18. The van der Waals surface area contributed by atoms with Crippen LogP contribution >= 0.6 is 15.9 Å². The number of aromatic nitrogens is 1. The molecule has 1 aromatic carbocycles. The Bertz CT molecular complexity index is 1060. The van der Waals surface area contributed by atoms with E-state index in [1.165, 1.54) is 0 Å². The van der Waals surface area contributed by atoms with E-state index < -0.39 is 10.3 Å². The molecule has 0 saturated heterocycles. The number of carbonyl (C=O) groups is 1. The standard InChI is InChI=1S/C21H23BrN2O4/c1-10(2)12-7-13(11(3)16(25)8-12)14-9-15(22)18(24(26)27)19-17(14)23-20(28-19)21(4,5)6/h9,12H,1,7-8H2,2-6H3. The molecule has 3 rings (SSSR count). The predicted octanol–water partition coefficient (Wildman–Crippen LogP) is 6.12. The number of halogens is 1. The third-order valence-electron chi connectivity index (χ3n) is 5.19. The summed E-state index contributed by atoms with van der Waals surface area (Å²) < 4.78 is 6.17. The average molecular weight is 447 g/mol. The van der Waals surface area contributed by atoms with Gasteiger partial charge in [0, 0.05) is 17.4 Å². The molecule has 2 aromatic rings. The van der Waals surface area contributed by atoms with Crippen molar-refractivity contribution in [3.8, 4) is 0 Å². The largest absolute Gasteiger partial charge is 0.433 e. The first-order chi connectivity index (χ1) is 12.9. The van der Waals surface area contributed by atoms with Gasteiger partial charge in [-0.1, -0.05) is 32.9 Å². The Kier molecular flexibility index (Phi) is 5.08. The van der Waals surface area contributed by atoms with Gasteiger partial charge < -0.3 is 4.42 Å². The first kappa shape index (κ1) is 20.5. The molecule has 0 N–H and O–H groups in total. The molecule has 1 atom stereocenters. The molecule has 6 nitrogen and oxygen atoms in total. The van der Waals surface area contributed by atoms with Gasteiger partial charge in [-0.3, -0.25) is 14.9 Å². The van der Waals surface area contributed by atoms with E-state index in [-0.39, 0.29) is 23.0 Å². The summed E-state index contributed by atoms with van der Waals surface area (Å²) in [5.41, 5.74) is 3.14. The number of rotatable bonds is 3. The number of carbonyl (C=O) groups excluding carboxylic acids is 1. The Hall–Kier alpha value is -2.28. The van der Waals surface area contributed by atoms with Gasteiger partial charge in [-0.2, -0.15) is 0 Å². The van der Waals surface area contributed by atoms with E-state index in [0.717, 1.165) is 11.1 Å². The second-order valence-electron chi connectivity index (χ2n) is 8.44. The number of nitro groups is 1. The maximum atomic E-state index is 12.6. The fraction of sp³-hybridized carbons (Fsp3) is 0.429. The Morgan fingerprint density at radius 1 is 1.39 bits per heavy atom. The number of fused-ring (bicyclic) bond motifs is 1. The lowest BCUT2D eigenvalue weighted by molar-refractivity contribution is -0.384.